The summed E-state index contributed by atoms with van der Waals surface area (Å²) in [5.41, 5.74) is 0.00984. The van der Waals surface area contributed by atoms with Crippen molar-refractivity contribution in [1.29, 1.82) is 0 Å². The van der Waals surface area contributed by atoms with Gasteiger partial charge in [0.05, 0.1) is 6.61 Å². The Bertz CT molecular complexity index is 119. The summed E-state index contributed by atoms with van der Waals surface area (Å²) in [5, 5.41) is 9.23. The Hall–Kier alpha value is -0.120. The van der Waals surface area contributed by atoms with Crippen molar-refractivity contribution in [2.75, 3.05) is 13.2 Å². The van der Waals surface area contributed by atoms with E-state index in [2.05, 4.69) is 20.8 Å². The minimum atomic E-state index is -0.694. The number of rotatable bonds is 0. The molecule has 1 aliphatic heterocycles. The molecule has 1 N–H and O–H groups in total. The summed E-state index contributed by atoms with van der Waals surface area (Å²) in [6.07, 6.45) is -0.694. The maximum Gasteiger partial charge on any atom is 0.216 e. The van der Waals surface area contributed by atoms with E-state index in [0.29, 0.717) is 6.61 Å². The lowest BCUT2D eigenvalue weighted by Crippen LogP contribution is -2.44. The van der Waals surface area contributed by atoms with E-state index in [1.165, 1.54) is 0 Å². The lowest BCUT2D eigenvalue weighted by molar-refractivity contribution is -0.156. The largest absolute Gasteiger partial charge is 0.356 e. The van der Waals surface area contributed by atoms with Crippen molar-refractivity contribution in [3.63, 3.8) is 0 Å². The molecule has 1 aliphatic rings. The predicted octanol–water partition coefficient (Wildman–Crippen LogP) is 0.393. The van der Waals surface area contributed by atoms with Crippen LogP contribution in [0.3, 0.4) is 0 Å². The van der Waals surface area contributed by atoms with E-state index >= 15 is 0 Å². The van der Waals surface area contributed by atoms with Gasteiger partial charge < -0.3 is 9.84 Å². The second-order valence-corrected chi connectivity index (χ2v) is 3.56. The van der Waals surface area contributed by atoms with Gasteiger partial charge in [0.15, 0.2) is 0 Å². The van der Waals surface area contributed by atoms with Crippen LogP contribution in [0.25, 0.3) is 0 Å². The highest BCUT2D eigenvalue weighted by Gasteiger charge is 2.31. The highest BCUT2D eigenvalue weighted by atomic mass is 16.6. The molecule has 0 spiro atoms. The summed E-state index contributed by atoms with van der Waals surface area (Å²) >= 11 is 0. The average molecular weight is 145 g/mol. The number of aliphatic hydroxyl groups excluding tert-OH is 1. The lowest BCUT2D eigenvalue weighted by atomic mass is 10.1. The highest BCUT2D eigenvalue weighted by molar-refractivity contribution is 4.78. The van der Waals surface area contributed by atoms with E-state index in [1.54, 1.807) is 0 Å². The molecule has 1 heterocycles. The molecule has 10 heavy (non-hydrogen) atoms. The van der Waals surface area contributed by atoms with Crippen LogP contribution in [0.2, 0.25) is 0 Å². The van der Waals surface area contributed by atoms with Crippen molar-refractivity contribution >= 4 is 0 Å². The first-order valence-electron chi connectivity index (χ1n) is 3.58. The van der Waals surface area contributed by atoms with Crippen LogP contribution in [0, 0.1) is 0 Å². The van der Waals surface area contributed by atoms with Crippen LogP contribution in [0.5, 0.6) is 0 Å². The van der Waals surface area contributed by atoms with E-state index in [1.807, 2.05) is 4.90 Å². The quantitative estimate of drug-likeness (QED) is 0.535. The first kappa shape index (κ1) is 7.98. The average Bonchev–Trinajstić information content (AvgIpc) is 2.11. The molecule has 0 aromatic carbocycles. The predicted molar refractivity (Wildman–Crippen MR) is 38.4 cm³/mol. The summed E-state index contributed by atoms with van der Waals surface area (Å²) in [5.74, 6) is 0. The second-order valence-electron chi connectivity index (χ2n) is 3.56. The SMILES string of the molecule is CC(C)(C)N1CCOC1O. The lowest BCUT2D eigenvalue weighted by Gasteiger charge is -2.32. The Kier molecular flexibility index (Phi) is 1.99. The zero-order valence-electron chi connectivity index (χ0n) is 6.79. The third-order valence-electron chi connectivity index (χ3n) is 1.73. The zero-order chi connectivity index (χ0) is 7.78. The number of ether oxygens (including phenoxy) is 1. The Morgan fingerprint density at radius 3 is 2.30 bits per heavy atom. The molecule has 0 saturated carbocycles. The fourth-order valence-electron chi connectivity index (χ4n) is 1.12. The summed E-state index contributed by atoms with van der Waals surface area (Å²) < 4.78 is 4.97. The van der Waals surface area contributed by atoms with Crippen molar-refractivity contribution in [3.8, 4) is 0 Å². The standard InChI is InChI=1S/C7H15NO2/c1-7(2,3)8-4-5-10-6(8)9/h6,9H,4-5H2,1-3H3. The molecule has 3 nitrogen and oxygen atoms in total. The topological polar surface area (TPSA) is 32.7 Å². The minimum absolute atomic E-state index is 0.00984. The van der Waals surface area contributed by atoms with Crippen LogP contribution in [0.4, 0.5) is 0 Å². The van der Waals surface area contributed by atoms with Crippen molar-refractivity contribution in [3.05, 3.63) is 0 Å². The number of hydrogen-bond donors (Lipinski definition) is 1. The van der Waals surface area contributed by atoms with Crippen molar-refractivity contribution in [2.24, 2.45) is 0 Å². The molecule has 1 rings (SSSR count). The summed E-state index contributed by atoms with van der Waals surface area (Å²) in [4.78, 5) is 1.92. The van der Waals surface area contributed by atoms with Crippen LogP contribution in [-0.4, -0.2) is 35.1 Å². The number of hydrogen-bond acceptors (Lipinski definition) is 3. The Morgan fingerprint density at radius 1 is 1.50 bits per heavy atom. The molecule has 0 aliphatic carbocycles. The van der Waals surface area contributed by atoms with E-state index in [-0.39, 0.29) is 5.54 Å². The van der Waals surface area contributed by atoms with E-state index in [0.717, 1.165) is 6.54 Å². The van der Waals surface area contributed by atoms with Crippen molar-refractivity contribution < 1.29 is 9.84 Å². The van der Waals surface area contributed by atoms with Gasteiger partial charge in [0.25, 0.3) is 0 Å². The first-order chi connectivity index (χ1) is 4.52. The summed E-state index contributed by atoms with van der Waals surface area (Å²) in [6, 6.07) is 0. The summed E-state index contributed by atoms with van der Waals surface area (Å²) in [7, 11) is 0. The Morgan fingerprint density at radius 2 is 2.10 bits per heavy atom. The molecular formula is C7H15NO2. The Balaban J connectivity index is 2.55. The van der Waals surface area contributed by atoms with Crippen molar-refractivity contribution in [1.82, 2.24) is 4.90 Å². The van der Waals surface area contributed by atoms with Crippen molar-refractivity contribution in [2.45, 2.75) is 32.7 Å². The minimum Gasteiger partial charge on any atom is -0.356 e. The van der Waals surface area contributed by atoms with Gasteiger partial charge in [-0.05, 0) is 20.8 Å². The van der Waals surface area contributed by atoms with Gasteiger partial charge in [0, 0.05) is 12.1 Å². The number of aliphatic hydroxyl groups is 1. The molecular weight excluding hydrogens is 130 g/mol. The number of nitrogens with zero attached hydrogens (tertiary/aromatic N) is 1. The fraction of sp³-hybridized carbons (Fsp3) is 1.00. The highest BCUT2D eigenvalue weighted by Crippen LogP contribution is 2.19. The third kappa shape index (κ3) is 1.48. The van der Waals surface area contributed by atoms with Gasteiger partial charge in [0.2, 0.25) is 6.41 Å². The molecule has 0 aromatic rings. The van der Waals surface area contributed by atoms with Gasteiger partial charge in [-0.25, -0.2) is 4.90 Å². The van der Waals surface area contributed by atoms with Crippen LogP contribution < -0.4 is 0 Å². The van der Waals surface area contributed by atoms with E-state index in [9.17, 15) is 5.11 Å². The molecule has 0 radical (unpaired) electrons. The van der Waals surface area contributed by atoms with Crippen LogP contribution in [0.15, 0.2) is 0 Å². The molecule has 1 saturated heterocycles. The second kappa shape index (κ2) is 2.49. The maximum absolute atomic E-state index is 9.23. The molecule has 0 amide bonds. The van der Waals surface area contributed by atoms with E-state index < -0.39 is 6.41 Å². The van der Waals surface area contributed by atoms with Gasteiger partial charge in [-0.3, -0.25) is 0 Å². The fourth-order valence-corrected chi connectivity index (χ4v) is 1.12. The van der Waals surface area contributed by atoms with Gasteiger partial charge >= 0.3 is 0 Å². The molecule has 0 aromatic heterocycles. The van der Waals surface area contributed by atoms with Crippen LogP contribution >= 0.6 is 0 Å². The van der Waals surface area contributed by atoms with E-state index in [4.69, 9.17) is 4.74 Å². The molecule has 60 valence electrons. The maximum atomic E-state index is 9.23. The smallest absolute Gasteiger partial charge is 0.216 e. The third-order valence-corrected chi connectivity index (χ3v) is 1.73. The molecule has 0 bridgehead atoms. The van der Waals surface area contributed by atoms with Crippen LogP contribution in [-0.2, 0) is 4.74 Å². The van der Waals surface area contributed by atoms with Gasteiger partial charge in [-0.1, -0.05) is 0 Å². The normalized spacial score (nSPS) is 29.4. The van der Waals surface area contributed by atoms with Crippen LogP contribution in [0.1, 0.15) is 20.8 Å². The zero-order valence-corrected chi connectivity index (χ0v) is 6.79. The first-order valence-corrected chi connectivity index (χ1v) is 3.58. The van der Waals surface area contributed by atoms with Gasteiger partial charge in [-0.15, -0.1) is 0 Å². The molecule has 3 heteroatoms. The van der Waals surface area contributed by atoms with Gasteiger partial charge in [-0.2, -0.15) is 0 Å². The monoisotopic (exact) mass is 145 g/mol. The Labute approximate surface area is 61.6 Å². The summed E-state index contributed by atoms with van der Waals surface area (Å²) in [6.45, 7) is 7.64. The molecule has 1 atom stereocenters. The molecule has 1 fully saturated rings. The van der Waals surface area contributed by atoms with Gasteiger partial charge in [0.1, 0.15) is 0 Å². The molecule has 1 unspecified atom stereocenters.